The summed E-state index contributed by atoms with van der Waals surface area (Å²) >= 11 is 2.33. The molecule has 3 rings (SSSR count). The lowest BCUT2D eigenvalue weighted by Gasteiger charge is -2.09. The van der Waals surface area contributed by atoms with Gasteiger partial charge in [0.1, 0.15) is 17.3 Å². The van der Waals surface area contributed by atoms with Crippen molar-refractivity contribution in [3.63, 3.8) is 0 Å². The quantitative estimate of drug-likeness (QED) is 0.431. The molecule has 3 aromatic rings. The highest BCUT2D eigenvalue weighted by molar-refractivity contribution is 14.1. The molecule has 0 fully saturated rings. The number of anilines is 1. The summed E-state index contributed by atoms with van der Waals surface area (Å²) in [5.41, 5.74) is 2.38. The third-order valence-electron chi connectivity index (χ3n) is 3.33. The van der Waals surface area contributed by atoms with Crippen molar-refractivity contribution in [2.75, 3.05) is 5.32 Å². The highest BCUT2D eigenvalue weighted by Crippen LogP contribution is 2.22. The number of benzene rings is 2. The normalized spacial score (nSPS) is 10.3. The summed E-state index contributed by atoms with van der Waals surface area (Å²) in [7, 11) is 0. The Bertz CT molecular complexity index is 745. The summed E-state index contributed by atoms with van der Waals surface area (Å²) in [6.45, 7) is 0.711. The molecule has 1 aromatic heterocycles. The fourth-order valence-electron chi connectivity index (χ4n) is 2.14. The van der Waals surface area contributed by atoms with Crippen LogP contribution in [0, 0.1) is 0 Å². The lowest BCUT2D eigenvalue weighted by atomic mass is 10.2. The number of nitrogens with zero attached hydrogens (tertiary/aromatic N) is 1. The molecule has 0 amide bonds. The maximum absolute atomic E-state index is 5.86. The van der Waals surface area contributed by atoms with E-state index in [1.54, 1.807) is 0 Å². The van der Waals surface area contributed by atoms with Gasteiger partial charge in [-0.2, -0.15) is 0 Å². The first kappa shape index (κ1) is 15.8. The zero-order valence-corrected chi connectivity index (χ0v) is 14.7. The molecule has 0 atom stereocenters. The van der Waals surface area contributed by atoms with Gasteiger partial charge in [-0.25, -0.2) is 4.98 Å². The summed E-state index contributed by atoms with van der Waals surface area (Å²) < 4.78 is 6.83. The van der Waals surface area contributed by atoms with Crippen LogP contribution in [-0.2, 0) is 11.0 Å². The third kappa shape index (κ3) is 4.69. The van der Waals surface area contributed by atoms with Gasteiger partial charge < -0.3 is 10.1 Å². The van der Waals surface area contributed by atoms with Crippen molar-refractivity contribution in [2.24, 2.45) is 0 Å². The van der Waals surface area contributed by atoms with Crippen molar-refractivity contribution in [1.29, 1.82) is 0 Å². The number of nitrogens with one attached hydrogen (secondary N) is 1. The minimum Gasteiger partial charge on any atom is -0.457 e. The molecule has 0 unspecified atom stereocenters. The molecule has 1 N–H and O–H groups in total. The largest absolute Gasteiger partial charge is 0.457 e. The van der Waals surface area contributed by atoms with E-state index < -0.39 is 0 Å². The number of rotatable bonds is 6. The molecule has 4 heteroatoms. The van der Waals surface area contributed by atoms with Crippen molar-refractivity contribution in [3.8, 4) is 11.5 Å². The molecule has 23 heavy (non-hydrogen) atoms. The summed E-state index contributed by atoms with van der Waals surface area (Å²) in [6, 6.07) is 22.0. The standard InChI is InChI=1S/C19H17IN2O/c20-12-16-9-10-19(22-14-16)21-13-15-5-4-8-18(11-15)23-17-6-2-1-3-7-17/h1-11,14H,12-13H2,(H,21,22). The van der Waals surface area contributed by atoms with E-state index in [-0.39, 0.29) is 0 Å². The van der Waals surface area contributed by atoms with E-state index in [4.69, 9.17) is 4.74 Å². The first-order valence-electron chi connectivity index (χ1n) is 7.40. The van der Waals surface area contributed by atoms with Gasteiger partial charge in [-0.1, -0.05) is 59.0 Å². The predicted molar refractivity (Wildman–Crippen MR) is 102 cm³/mol. The predicted octanol–water partition coefficient (Wildman–Crippen LogP) is 5.42. The third-order valence-corrected chi connectivity index (χ3v) is 4.21. The number of ether oxygens (including phenoxy) is 1. The average molecular weight is 416 g/mol. The SMILES string of the molecule is ICc1ccc(NCc2cccc(Oc3ccccc3)c2)nc1. The van der Waals surface area contributed by atoms with Crippen molar-refractivity contribution in [3.05, 3.63) is 84.1 Å². The second-order valence-electron chi connectivity index (χ2n) is 5.10. The van der Waals surface area contributed by atoms with Gasteiger partial charge in [-0.15, -0.1) is 0 Å². The van der Waals surface area contributed by atoms with Crippen LogP contribution in [0.2, 0.25) is 0 Å². The van der Waals surface area contributed by atoms with Gasteiger partial charge >= 0.3 is 0 Å². The fourth-order valence-corrected chi connectivity index (χ4v) is 2.60. The van der Waals surface area contributed by atoms with Crippen LogP contribution in [0.15, 0.2) is 72.9 Å². The van der Waals surface area contributed by atoms with Crippen LogP contribution < -0.4 is 10.1 Å². The summed E-state index contributed by atoms with van der Waals surface area (Å²) in [5, 5.41) is 3.33. The molecule has 1 heterocycles. The molecular weight excluding hydrogens is 399 g/mol. The summed E-state index contributed by atoms with van der Waals surface area (Å²) in [5.74, 6) is 2.56. The van der Waals surface area contributed by atoms with Crippen LogP contribution in [0.3, 0.4) is 0 Å². The first-order valence-corrected chi connectivity index (χ1v) is 8.92. The van der Waals surface area contributed by atoms with Gasteiger partial charge in [0.15, 0.2) is 0 Å². The number of halogens is 1. The topological polar surface area (TPSA) is 34.1 Å². The van der Waals surface area contributed by atoms with Crippen LogP contribution in [0.5, 0.6) is 11.5 Å². The Labute approximate surface area is 149 Å². The maximum atomic E-state index is 5.86. The summed E-state index contributed by atoms with van der Waals surface area (Å²) in [6.07, 6.45) is 1.91. The van der Waals surface area contributed by atoms with Gasteiger partial charge in [0.05, 0.1) is 0 Å². The van der Waals surface area contributed by atoms with Crippen LogP contribution in [0.25, 0.3) is 0 Å². The fraction of sp³-hybridized carbons (Fsp3) is 0.105. The van der Waals surface area contributed by atoms with Gasteiger partial charge in [0, 0.05) is 17.2 Å². The van der Waals surface area contributed by atoms with Gasteiger partial charge in [-0.05, 0) is 41.5 Å². The van der Waals surface area contributed by atoms with Crippen molar-refractivity contribution in [2.45, 2.75) is 11.0 Å². The molecule has 0 bridgehead atoms. The number of hydrogen-bond donors (Lipinski definition) is 1. The van der Waals surface area contributed by atoms with Crippen LogP contribution >= 0.6 is 22.6 Å². The molecule has 2 aromatic carbocycles. The molecule has 0 radical (unpaired) electrons. The molecule has 0 aliphatic rings. The molecule has 0 aliphatic carbocycles. The first-order chi connectivity index (χ1) is 11.3. The minimum atomic E-state index is 0.711. The Morgan fingerprint density at radius 2 is 1.70 bits per heavy atom. The van der Waals surface area contributed by atoms with E-state index in [9.17, 15) is 0 Å². The number of aromatic nitrogens is 1. The lowest BCUT2D eigenvalue weighted by Crippen LogP contribution is -2.01. The number of pyridine rings is 1. The maximum Gasteiger partial charge on any atom is 0.127 e. The van der Waals surface area contributed by atoms with Crippen molar-refractivity contribution in [1.82, 2.24) is 4.98 Å². The molecule has 0 saturated carbocycles. The van der Waals surface area contributed by atoms with E-state index in [2.05, 4.69) is 45.0 Å². The Morgan fingerprint density at radius 3 is 2.43 bits per heavy atom. The van der Waals surface area contributed by atoms with E-state index in [0.717, 1.165) is 27.3 Å². The van der Waals surface area contributed by atoms with E-state index in [1.807, 2.05) is 60.8 Å². The molecule has 0 spiro atoms. The van der Waals surface area contributed by atoms with Gasteiger partial charge in [0.2, 0.25) is 0 Å². The molecule has 0 aliphatic heterocycles. The Hall–Kier alpha value is -2.08. The lowest BCUT2D eigenvalue weighted by molar-refractivity contribution is 0.482. The minimum absolute atomic E-state index is 0.711. The Morgan fingerprint density at radius 1 is 0.870 bits per heavy atom. The highest BCUT2D eigenvalue weighted by Gasteiger charge is 2.00. The molecule has 116 valence electrons. The van der Waals surface area contributed by atoms with E-state index in [1.165, 1.54) is 5.56 Å². The van der Waals surface area contributed by atoms with Gasteiger partial charge in [-0.3, -0.25) is 0 Å². The average Bonchev–Trinajstić information content (AvgIpc) is 2.62. The van der Waals surface area contributed by atoms with Crippen LogP contribution in [0.1, 0.15) is 11.1 Å². The number of para-hydroxylation sites is 1. The highest BCUT2D eigenvalue weighted by atomic mass is 127. The smallest absolute Gasteiger partial charge is 0.127 e. The molecular formula is C19H17IN2O. The second kappa shape index (κ2) is 7.97. The Balaban J connectivity index is 1.63. The number of hydrogen-bond acceptors (Lipinski definition) is 3. The van der Waals surface area contributed by atoms with E-state index >= 15 is 0 Å². The second-order valence-corrected chi connectivity index (χ2v) is 5.86. The van der Waals surface area contributed by atoms with Crippen LogP contribution in [0.4, 0.5) is 5.82 Å². The van der Waals surface area contributed by atoms with Crippen LogP contribution in [-0.4, -0.2) is 4.98 Å². The molecule has 3 nitrogen and oxygen atoms in total. The summed E-state index contributed by atoms with van der Waals surface area (Å²) in [4.78, 5) is 4.41. The monoisotopic (exact) mass is 416 g/mol. The molecule has 0 saturated heterocycles. The zero-order chi connectivity index (χ0) is 15.9. The van der Waals surface area contributed by atoms with Crippen molar-refractivity contribution < 1.29 is 4.74 Å². The Kier molecular flexibility index (Phi) is 5.47. The van der Waals surface area contributed by atoms with E-state index in [0.29, 0.717) is 6.54 Å². The zero-order valence-electron chi connectivity index (χ0n) is 12.6. The van der Waals surface area contributed by atoms with Crippen molar-refractivity contribution >= 4 is 28.4 Å². The number of alkyl halides is 1. The van der Waals surface area contributed by atoms with Gasteiger partial charge in [0.25, 0.3) is 0 Å².